The van der Waals surface area contributed by atoms with Gasteiger partial charge in [-0.3, -0.25) is 9.59 Å². The first-order chi connectivity index (χ1) is 7.53. The third-order valence-corrected chi connectivity index (χ3v) is 4.93. The maximum Gasteiger partial charge on any atom is 0.326 e. The molecule has 0 aromatic heterocycles. The fraction of sp³-hybridized carbons (Fsp3) is 0.818. The van der Waals surface area contributed by atoms with E-state index < -0.39 is 11.0 Å². The first-order valence-electron chi connectivity index (χ1n) is 5.49. The van der Waals surface area contributed by atoms with E-state index >= 15 is 0 Å². The first kappa shape index (κ1) is 10.1. The summed E-state index contributed by atoms with van der Waals surface area (Å²) in [4.78, 5) is 23.5. The third kappa shape index (κ3) is 0.734. The molecule has 4 aliphatic rings. The Morgan fingerprint density at radius 1 is 1.25 bits per heavy atom. The standard InChI is InChI=1S/C11H15NO4/c1-15-8(13)10-4-5-3-6(10)7(10)11(5,12)9(14)16-2/h5-7H,3-4,12H2,1-2H3/t5-,6-,7+,10+,11+/m0/s1. The lowest BCUT2D eigenvalue weighted by Gasteiger charge is -2.24. The predicted octanol–water partition coefficient (Wildman–Crippen LogP) is -0.314. The predicted molar refractivity (Wildman–Crippen MR) is 53.1 cm³/mol. The molecule has 0 aromatic carbocycles. The molecule has 0 amide bonds. The maximum absolute atomic E-state index is 11.8. The molecule has 4 aliphatic carbocycles. The number of carbonyl (C=O) groups is 2. The highest BCUT2D eigenvalue weighted by atomic mass is 16.5. The van der Waals surface area contributed by atoms with Gasteiger partial charge in [-0.1, -0.05) is 0 Å². The van der Waals surface area contributed by atoms with Crippen molar-refractivity contribution in [1.29, 1.82) is 0 Å². The molecule has 4 saturated carbocycles. The van der Waals surface area contributed by atoms with Crippen molar-refractivity contribution in [3.8, 4) is 0 Å². The van der Waals surface area contributed by atoms with Gasteiger partial charge in [0.05, 0.1) is 19.6 Å². The molecule has 0 spiro atoms. The van der Waals surface area contributed by atoms with Crippen LogP contribution in [0.15, 0.2) is 0 Å². The summed E-state index contributed by atoms with van der Waals surface area (Å²) in [6, 6.07) is 0. The number of methoxy groups -OCH3 is 2. The van der Waals surface area contributed by atoms with Crippen LogP contribution in [-0.2, 0) is 19.1 Å². The van der Waals surface area contributed by atoms with Crippen molar-refractivity contribution in [2.75, 3.05) is 14.2 Å². The molecule has 88 valence electrons. The number of ether oxygens (including phenoxy) is 2. The maximum atomic E-state index is 11.8. The van der Waals surface area contributed by atoms with Crippen LogP contribution in [0.2, 0.25) is 0 Å². The van der Waals surface area contributed by atoms with Gasteiger partial charge in [0.1, 0.15) is 5.54 Å². The Balaban J connectivity index is 1.96. The molecule has 4 bridgehead atoms. The fourth-order valence-corrected chi connectivity index (χ4v) is 4.34. The lowest BCUT2D eigenvalue weighted by molar-refractivity contribution is -0.149. The summed E-state index contributed by atoms with van der Waals surface area (Å²) >= 11 is 0. The van der Waals surface area contributed by atoms with Crippen molar-refractivity contribution in [2.24, 2.45) is 28.9 Å². The summed E-state index contributed by atoms with van der Waals surface area (Å²) in [5.74, 6) is -0.345. The number of esters is 2. The molecule has 2 N–H and O–H groups in total. The van der Waals surface area contributed by atoms with Crippen LogP contribution in [-0.4, -0.2) is 31.7 Å². The normalized spacial score (nSPS) is 51.3. The van der Waals surface area contributed by atoms with E-state index in [-0.39, 0.29) is 29.7 Å². The van der Waals surface area contributed by atoms with E-state index in [9.17, 15) is 9.59 Å². The average molecular weight is 225 g/mol. The van der Waals surface area contributed by atoms with Gasteiger partial charge in [0.25, 0.3) is 0 Å². The minimum Gasteiger partial charge on any atom is -0.469 e. The quantitative estimate of drug-likeness (QED) is 0.652. The molecule has 0 unspecified atom stereocenters. The monoisotopic (exact) mass is 225 g/mol. The van der Waals surface area contributed by atoms with Crippen LogP contribution in [0.25, 0.3) is 0 Å². The molecule has 5 heteroatoms. The Labute approximate surface area is 93.3 Å². The second kappa shape index (κ2) is 2.59. The van der Waals surface area contributed by atoms with Crippen LogP contribution in [0.3, 0.4) is 0 Å². The Hall–Kier alpha value is -1.10. The summed E-state index contributed by atoms with van der Waals surface area (Å²) in [7, 11) is 2.73. The van der Waals surface area contributed by atoms with E-state index in [0.29, 0.717) is 6.42 Å². The van der Waals surface area contributed by atoms with E-state index in [1.165, 1.54) is 14.2 Å². The van der Waals surface area contributed by atoms with Crippen LogP contribution in [0.1, 0.15) is 12.8 Å². The number of carbonyl (C=O) groups excluding carboxylic acids is 2. The van der Waals surface area contributed by atoms with Gasteiger partial charge in [0, 0.05) is 5.92 Å². The highest BCUT2D eigenvalue weighted by Gasteiger charge is 2.89. The van der Waals surface area contributed by atoms with E-state index in [0.717, 1.165) is 6.42 Å². The molecular weight excluding hydrogens is 210 g/mol. The van der Waals surface area contributed by atoms with E-state index in [1.54, 1.807) is 0 Å². The van der Waals surface area contributed by atoms with Gasteiger partial charge in [0.2, 0.25) is 0 Å². The van der Waals surface area contributed by atoms with Gasteiger partial charge in [-0.15, -0.1) is 0 Å². The van der Waals surface area contributed by atoms with Crippen LogP contribution in [0.5, 0.6) is 0 Å². The zero-order valence-corrected chi connectivity index (χ0v) is 9.36. The lowest BCUT2D eigenvalue weighted by Crippen LogP contribution is -2.52. The van der Waals surface area contributed by atoms with Crippen LogP contribution >= 0.6 is 0 Å². The van der Waals surface area contributed by atoms with Crippen molar-refractivity contribution in [2.45, 2.75) is 18.4 Å². The second-order valence-electron chi connectivity index (χ2n) is 5.18. The topological polar surface area (TPSA) is 78.6 Å². The molecule has 16 heavy (non-hydrogen) atoms. The number of hydrogen-bond donors (Lipinski definition) is 1. The molecule has 0 aromatic rings. The molecule has 4 rings (SSSR count). The van der Waals surface area contributed by atoms with Crippen LogP contribution in [0.4, 0.5) is 0 Å². The molecule has 5 nitrogen and oxygen atoms in total. The van der Waals surface area contributed by atoms with Crippen LogP contribution < -0.4 is 5.73 Å². The molecule has 0 radical (unpaired) electrons. The summed E-state index contributed by atoms with van der Waals surface area (Å²) in [5.41, 5.74) is 4.76. The Morgan fingerprint density at radius 3 is 2.38 bits per heavy atom. The molecule has 5 atom stereocenters. The van der Waals surface area contributed by atoms with E-state index in [4.69, 9.17) is 15.2 Å². The summed E-state index contributed by atoms with van der Waals surface area (Å²) in [6.07, 6.45) is 1.53. The third-order valence-electron chi connectivity index (χ3n) is 4.93. The zero-order valence-electron chi connectivity index (χ0n) is 9.36. The smallest absolute Gasteiger partial charge is 0.326 e. The van der Waals surface area contributed by atoms with Gasteiger partial charge >= 0.3 is 11.9 Å². The number of hydrogen-bond acceptors (Lipinski definition) is 5. The van der Waals surface area contributed by atoms with Crippen molar-refractivity contribution in [3.05, 3.63) is 0 Å². The Kier molecular flexibility index (Phi) is 1.63. The largest absolute Gasteiger partial charge is 0.469 e. The lowest BCUT2D eigenvalue weighted by atomic mass is 9.89. The minimum absolute atomic E-state index is 0.0649. The van der Waals surface area contributed by atoms with E-state index in [2.05, 4.69) is 0 Å². The second-order valence-corrected chi connectivity index (χ2v) is 5.18. The first-order valence-corrected chi connectivity index (χ1v) is 5.49. The van der Waals surface area contributed by atoms with Crippen molar-refractivity contribution in [3.63, 3.8) is 0 Å². The van der Waals surface area contributed by atoms with Crippen molar-refractivity contribution < 1.29 is 19.1 Å². The van der Waals surface area contributed by atoms with Crippen LogP contribution in [0, 0.1) is 23.2 Å². The summed E-state index contributed by atoms with van der Waals surface area (Å²) in [5, 5.41) is 0. The molecular formula is C11H15NO4. The minimum atomic E-state index is -0.951. The average Bonchev–Trinajstić information content (AvgIpc) is 2.62. The summed E-state index contributed by atoms with van der Waals surface area (Å²) < 4.78 is 9.61. The van der Waals surface area contributed by atoms with Crippen molar-refractivity contribution in [1.82, 2.24) is 0 Å². The molecule has 0 saturated heterocycles. The Morgan fingerprint density at radius 2 is 1.88 bits per heavy atom. The zero-order chi connectivity index (χ0) is 11.7. The van der Waals surface area contributed by atoms with Gasteiger partial charge in [-0.25, -0.2) is 0 Å². The SMILES string of the molecule is COC(=O)[C@@]1(N)[C@H]2C[C@H]3[C@@H]1[C@@]3(C(=O)OC)C2. The van der Waals surface area contributed by atoms with Gasteiger partial charge < -0.3 is 15.2 Å². The number of rotatable bonds is 2. The summed E-state index contributed by atoms with van der Waals surface area (Å²) in [6.45, 7) is 0. The molecule has 4 fully saturated rings. The molecule has 0 aliphatic heterocycles. The highest BCUT2D eigenvalue weighted by molar-refractivity contribution is 5.92. The van der Waals surface area contributed by atoms with Crippen molar-refractivity contribution >= 4 is 11.9 Å². The van der Waals surface area contributed by atoms with Gasteiger partial charge in [-0.05, 0) is 24.7 Å². The highest BCUT2D eigenvalue weighted by Crippen LogP contribution is 2.82. The van der Waals surface area contributed by atoms with Gasteiger partial charge in [-0.2, -0.15) is 0 Å². The molecule has 0 heterocycles. The number of nitrogens with two attached hydrogens (primary N) is 1. The fourth-order valence-electron chi connectivity index (χ4n) is 4.34. The van der Waals surface area contributed by atoms with Gasteiger partial charge in [0.15, 0.2) is 0 Å². The van der Waals surface area contributed by atoms with E-state index in [1.807, 2.05) is 0 Å². The Bertz CT molecular complexity index is 395.